The largest absolute Gasteiger partial charge is 0.331 e. The van der Waals surface area contributed by atoms with Crippen LogP contribution in [0.2, 0.25) is 0 Å². The second-order valence-corrected chi connectivity index (χ2v) is 11.0. The minimum Gasteiger partial charge on any atom is -0.331 e. The van der Waals surface area contributed by atoms with E-state index in [9.17, 15) is 0 Å². The van der Waals surface area contributed by atoms with Crippen molar-refractivity contribution in [2.45, 2.75) is 13.8 Å². The van der Waals surface area contributed by atoms with Gasteiger partial charge in [0.25, 0.3) is 0 Å². The van der Waals surface area contributed by atoms with Crippen molar-refractivity contribution in [3.63, 3.8) is 0 Å². The van der Waals surface area contributed by atoms with E-state index >= 15 is 0 Å². The molecule has 0 saturated carbocycles. The first-order valence-electron chi connectivity index (χ1n) is 9.28. The first-order valence-corrected chi connectivity index (χ1v) is 12.4. The molecule has 2 nitrogen and oxygen atoms in total. The topological polar surface area (TPSA) is 18.5 Å². The lowest BCUT2D eigenvalue weighted by molar-refractivity contribution is 0.280. The van der Waals surface area contributed by atoms with Crippen molar-refractivity contribution in [3.05, 3.63) is 91.0 Å². The summed E-state index contributed by atoms with van der Waals surface area (Å²) in [6.07, 6.45) is 0. The maximum Gasteiger partial charge on any atom is 0.198 e. The summed E-state index contributed by atoms with van der Waals surface area (Å²) in [5, 5.41) is 3.94. The van der Waals surface area contributed by atoms with E-state index in [1.807, 2.05) is 13.8 Å². The molecular weight excluding hydrogens is 370 g/mol. The Kier molecular flexibility index (Phi) is 7.44. The summed E-state index contributed by atoms with van der Waals surface area (Å²) in [6.45, 7) is 3.31. The third-order valence-electron chi connectivity index (χ3n) is 4.27. The zero-order valence-electron chi connectivity index (χ0n) is 15.9. The van der Waals surface area contributed by atoms with Gasteiger partial charge >= 0.3 is 0 Å². The molecule has 0 atom stereocenters. The highest BCUT2D eigenvalue weighted by Crippen LogP contribution is 2.51. The summed E-state index contributed by atoms with van der Waals surface area (Å²) in [7, 11) is -1.10. The minimum absolute atomic E-state index is 0.639. The molecule has 3 aromatic carbocycles. The molecule has 0 fully saturated rings. The number of hydrogen-bond acceptors (Lipinski definition) is 2. The molecule has 3 rings (SSSR count). The zero-order valence-corrected chi connectivity index (χ0v) is 17.7. The van der Waals surface area contributed by atoms with Crippen molar-refractivity contribution in [2.24, 2.45) is 0 Å². The summed E-state index contributed by atoms with van der Waals surface area (Å²) in [6, 6.07) is 32.3. The van der Waals surface area contributed by atoms with E-state index in [2.05, 4.69) is 96.5 Å². The van der Waals surface area contributed by atoms with Crippen LogP contribution < -0.4 is 15.9 Å². The van der Waals surface area contributed by atoms with E-state index in [-0.39, 0.29) is 0 Å². The molecular formula is C23H26O2P2. The zero-order chi connectivity index (χ0) is 19.0. The predicted octanol–water partition coefficient (Wildman–Crippen LogP) is 5.13. The van der Waals surface area contributed by atoms with E-state index in [0.29, 0.717) is 13.2 Å². The van der Waals surface area contributed by atoms with Crippen LogP contribution in [0.4, 0.5) is 0 Å². The maximum absolute atomic E-state index is 6.02. The molecule has 0 heterocycles. The third-order valence-corrected chi connectivity index (χ3v) is 10.8. The second-order valence-electron chi connectivity index (χ2n) is 5.97. The third kappa shape index (κ3) is 4.60. The van der Waals surface area contributed by atoms with Gasteiger partial charge in [0.15, 0.2) is 8.38 Å². The summed E-state index contributed by atoms with van der Waals surface area (Å²) in [5.74, 6) is 0. The van der Waals surface area contributed by atoms with E-state index in [0.717, 1.165) is 0 Å². The second kappa shape index (κ2) is 10.0. The molecule has 27 heavy (non-hydrogen) atoms. The van der Waals surface area contributed by atoms with Crippen LogP contribution in [0, 0.1) is 0 Å². The number of rotatable bonds is 8. The van der Waals surface area contributed by atoms with Gasteiger partial charge < -0.3 is 9.05 Å². The van der Waals surface area contributed by atoms with Gasteiger partial charge in [0.1, 0.15) is 0 Å². The minimum atomic E-state index is -2.01. The molecule has 0 saturated heterocycles. The van der Waals surface area contributed by atoms with Crippen molar-refractivity contribution in [1.29, 1.82) is 0 Å². The molecule has 0 aromatic heterocycles. The van der Waals surface area contributed by atoms with Crippen molar-refractivity contribution in [2.75, 3.05) is 13.2 Å². The lowest BCUT2D eigenvalue weighted by Gasteiger charge is -2.30. The molecule has 0 spiro atoms. The predicted molar refractivity (Wildman–Crippen MR) is 121 cm³/mol. The molecule has 3 aromatic rings. The molecule has 140 valence electrons. The lowest BCUT2D eigenvalue weighted by Crippen LogP contribution is -2.26. The van der Waals surface area contributed by atoms with Crippen LogP contribution in [0.15, 0.2) is 91.0 Å². The monoisotopic (exact) mass is 396 g/mol. The first-order chi connectivity index (χ1) is 13.3. The van der Waals surface area contributed by atoms with Crippen LogP contribution in [0.3, 0.4) is 0 Å². The molecule has 0 bridgehead atoms. The standard InChI is InChI=1S/C23H26O2P2/c1-3-24-26(25-4-2)20-27(21-14-8-5-9-15-21,22-16-10-6-11-17-22)23-18-12-7-13-19-23/h5-20H,3-4H2,1-2H3. The molecule has 0 amide bonds. The molecule has 0 aliphatic rings. The van der Waals surface area contributed by atoms with Crippen LogP contribution in [-0.2, 0) is 9.05 Å². The van der Waals surface area contributed by atoms with Gasteiger partial charge in [0, 0.05) is 5.54 Å². The van der Waals surface area contributed by atoms with Crippen LogP contribution >= 0.6 is 15.3 Å². The van der Waals surface area contributed by atoms with Gasteiger partial charge in [-0.15, -0.1) is 0 Å². The molecule has 0 N–H and O–H groups in total. The molecule has 0 radical (unpaired) electrons. The Bertz CT molecular complexity index is 755. The fourth-order valence-corrected chi connectivity index (χ4v) is 9.81. The highest BCUT2D eigenvalue weighted by atomic mass is 31.2. The molecule has 0 aliphatic carbocycles. The first kappa shape index (κ1) is 20.1. The van der Waals surface area contributed by atoms with Crippen LogP contribution in [0.5, 0.6) is 0 Å². The summed E-state index contributed by atoms with van der Waals surface area (Å²) < 4.78 is 12.0. The average molecular weight is 396 g/mol. The Morgan fingerprint density at radius 1 is 0.630 bits per heavy atom. The van der Waals surface area contributed by atoms with Gasteiger partial charge in [0.05, 0.1) is 13.2 Å². The Labute approximate surface area is 164 Å². The van der Waals surface area contributed by atoms with Crippen molar-refractivity contribution in [1.82, 2.24) is 0 Å². The molecule has 0 unspecified atom stereocenters. The van der Waals surface area contributed by atoms with Gasteiger partial charge in [-0.3, -0.25) is 0 Å². The van der Waals surface area contributed by atoms with E-state index in [4.69, 9.17) is 9.05 Å². The van der Waals surface area contributed by atoms with Gasteiger partial charge in [-0.25, -0.2) is 0 Å². The summed E-state index contributed by atoms with van der Waals surface area (Å²) in [4.78, 5) is 0. The SMILES string of the molecule is CCOP(C=P(c1ccccc1)(c1ccccc1)c1ccccc1)OCC. The molecule has 4 heteroatoms. The Hall–Kier alpha value is -1.69. The van der Waals surface area contributed by atoms with Gasteiger partial charge in [0.2, 0.25) is 0 Å². The Morgan fingerprint density at radius 2 is 0.963 bits per heavy atom. The Balaban J connectivity index is 2.35. The lowest BCUT2D eigenvalue weighted by atomic mass is 10.4. The van der Waals surface area contributed by atoms with Gasteiger partial charge in [-0.05, 0) is 36.6 Å². The fourth-order valence-electron chi connectivity index (χ4n) is 3.14. The quantitative estimate of drug-likeness (QED) is 0.492. The normalized spacial score (nSPS) is 11.5. The van der Waals surface area contributed by atoms with E-state index in [1.54, 1.807) is 0 Å². The number of benzene rings is 3. The highest BCUT2D eigenvalue weighted by Gasteiger charge is 2.27. The van der Waals surface area contributed by atoms with Crippen molar-refractivity contribution >= 4 is 36.7 Å². The van der Waals surface area contributed by atoms with E-state index in [1.165, 1.54) is 15.9 Å². The van der Waals surface area contributed by atoms with Crippen LogP contribution in [0.1, 0.15) is 13.8 Å². The molecule has 0 aliphatic heterocycles. The Morgan fingerprint density at radius 3 is 1.26 bits per heavy atom. The smallest absolute Gasteiger partial charge is 0.198 e. The average Bonchev–Trinajstić information content (AvgIpc) is 2.74. The van der Waals surface area contributed by atoms with Gasteiger partial charge in [-0.1, -0.05) is 91.0 Å². The van der Waals surface area contributed by atoms with Crippen molar-refractivity contribution in [3.8, 4) is 0 Å². The van der Waals surface area contributed by atoms with Gasteiger partial charge in [-0.2, -0.15) is 0 Å². The summed E-state index contributed by atoms with van der Waals surface area (Å²) in [5.41, 5.74) is 2.37. The number of hydrogen-bond donors (Lipinski definition) is 0. The van der Waals surface area contributed by atoms with Crippen molar-refractivity contribution < 1.29 is 9.05 Å². The van der Waals surface area contributed by atoms with Crippen LogP contribution in [0.25, 0.3) is 0 Å². The summed E-state index contributed by atoms with van der Waals surface area (Å²) >= 11 is 0. The van der Waals surface area contributed by atoms with Crippen LogP contribution in [-0.4, -0.2) is 18.8 Å². The fraction of sp³-hybridized carbons (Fsp3) is 0.174. The highest BCUT2D eigenvalue weighted by molar-refractivity contribution is 8.02. The van der Waals surface area contributed by atoms with E-state index < -0.39 is 15.3 Å². The maximum atomic E-state index is 6.02.